The average Bonchev–Trinajstić information content (AvgIpc) is 2.78. The van der Waals surface area contributed by atoms with Gasteiger partial charge in [0, 0.05) is 18.7 Å². The fourth-order valence-electron chi connectivity index (χ4n) is 2.21. The molecule has 4 nitrogen and oxygen atoms in total. The summed E-state index contributed by atoms with van der Waals surface area (Å²) in [6, 6.07) is 9.96. The van der Waals surface area contributed by atoms with Gasteiger partial charge in [-0.05, 0) is 6.42 Å². The SMILES string of the molecule is O=Cc1nc(-c2ccccc2)n2c1NCCC2. The number of hydrogen-bond acceptors (Lipinski definition) is 3. The van der Waals surface area contributed by atoms with Crippen LogP contribution in [-0.2, 0) is 6.54 Å². The van der Waals surface area contributed by atoms with Crippen LogP contribution < -0.4 is 5.32 Å². The number of nitrogens with zero attached hydrogens (tertiary/aromatic N) is 2. The van der Waals surface area contributed by atoms with E-state index in [1.54, 1.807) is 0 Å². The minimum atomic E-state index is 0.503. The first-order valence-electron chi connectivity index (χ1n) is 5.75. The van der Waals surface area contributed by atoms with Crippen LogP contribution in [0.5, 0.6) is 0 Å². The molecule has 2 aromatic rings. The van der Waals surface area contributed by atoms with Crippen molar-refractivity contribution in [3.8, 4) is 11.4 Å². The van der Waals surface area contributed by atoms with Gasteiger partial charge in [-0.15, -0.1) is 0 Å². The normalized spacial score (nSPS) is 13.9. The second-order valence-electron chi connectivity index (χ2n) is 4.09. The number of benzene rings is 1. The highest BCUT2D eigenvalue weighted by atomic mass is 16.1. The Morgan fingerprint density at radius 1 is 1.29 bits per heavy atom. The van der Waals surface area contributed by atoms with Gasteiger partial charge in [0.05, 0.1) is 0 Å². The van der Waals surface area contributed by atoms with E-state index in [0.29, 0.717) is 5.69 Å². The molecule has 2 heterocycles. The standard InChI is InChI=1S/C13H13N3O/c17-9-11-13-14-7-4-8-16(13)12(15-11)10-5-2-1-3-6-10/h1-3,5-6,9,14H,4,7-8H2. The third-order valence-corrected chi connectivity index (χ3v) is 2.99. The van der Waals surface area contributed by atoms with Gasteiger partial charge in [0.2, 0.25) is 0 Å². The number of anilines is 1. The van der Waals surface area contributed by atoms with Gasteiger partial charge in [-0.2, -0.15) is 0 Å². The number of aromatic nitrogens is 2. The zero-order valence-corrected chi connectivity index (χ0v) is 9.39. The molecule has 86 valence electrons. The molecular weight excluding hydrogens is 214 g/mol. The number of carbonyl (C=O) groups is 1. The summed E-state index contributed by atoms with van der Waals surface area (Å²) >= 11 is 0. The van der Waals surface area contributed by atoms with E-state index in [2.05, 4.69) is 14.9 Å². The number of aldehydes is 1. The summed E-state index contributed by atoms with van der Waals surface area (Å²) in [6.45, 7) is 1.81. The van der Waals surface area contributed by atoms with E-state index in [1.807, 2.05) is 30.3 Å². The van der Waals surface area contributed by atoms with Crippen molar-refractivity contribution in [2.45, 2.75) is 13.0 Å². The summed E-state index contributed by atoms with van der Waals surface area (Å²) in [5.41, 5.74) is 1.55. The molecule has 1 aromatic heterocycles. The predicted octanol–water partition coefficient (Wildman–Crippen LogP) is 2.18. The van der Waals surface area contributed by atoms with E-state index in [9.17, 15) is 4.79 Å². The van der Waals surface area contributed by atoms with Crippen LogP contribution in [0, 0.1) is 0 Å². The second kappa shape index (κ2) is 4.05. The zero-order valence-electron chi connectivity index (χ0n) is 9.39. The van der Waals surface area contributed by atoms with E-state index in [-0.39, 0.29) is 0 Å². The van der Waals surface area contributed by atoms with Gasteiger partial charge >= 0.3 is 0 Å². The molecule has 0 fully saturated rings. The fourth-order valence-corrected chi connectivity index (χ4v) is 2.21. The Labute approximate surface area is 99.3 Å². The van der Waals surface area contributed by atoms with Crippen LogP contribution in [0.2, 0.25) is 0 Å². The quantitative estimate of drug-likeness (QED) is 0.800. The molecule has 0 unspecified atom stereocenters. The van der Waals surface area contributed by atoms with E-state index in [1.165, 1.54) is 0 Å². The number of rotatable bonds is 2. The first kappa shape index (κ1) is 10.1. The van der Waals surface area contributed by atoms with E-state index >= 15 is 0 Å². The summed E-state index contributed by atoms with van der Waals surface area (Å²) < 4.78 is 2.09. The Bertz CT molecular complexity index is 545. The van der Waals surface area contributed by atoms with Gasteiger partial charge in [0.15, 0.2) is 6.29 Å². The summed E-state index contributed by atoms with van der Waals surface area (Å²) in [4.78, 5) is 15.4. The van der Waals surface area contributed by atoms with Crippen LogP contribution in [0.3, 0.4) is 0 Å². The van der Waals surface area contributed by atoms with Crippen LogP contribution in [0.15, 0.2) is 30.3 Å². The summed E-state index contributed by atoms with van der Waals surface area (Å²) in [5, 5.41) is 3.24. The van der Waals surface area contributed by atoms with Gasteiger partial charge in [0.25, 0.3) is 0 Å². The van der Waals surface area contributed by atoms with E-state index in [4.69, 9.17) is 0 Å². The maximum Gasteiger partial charge on any atom is 0.172 e. The lowest BCUT2D eigenvalue weighted by Gasteiger charge is -2.18. The van der Waals surface area contributed by atoms with Crippen molar-refractivity contribution in [3.05, 3.63) is 36.0 Å². The molecule has 0 atom stereocenters. The van der Waals surface area contributed by atoms with Crippen LogP contribution in [0.4, 0.5) is 5.82 Å². The van der Waals surface area contributed by atoms with Gasteiger partial charge < -0.3 is 9.88 Å². The molecule has 0 radical (unpaired) electrons. The Morgan fingerprint density at radius 3 is 2.88 bits per heavy atom. The molecule has 17 heavy (non-hydrogen) atoms. The zero-order chi connectivity index (χ0) is 11.7. The van der Waals surface area contributed by atoms with Gasteiger partial charge in [-0.3, -0.25) is 4.79 Å². The van der Waals surface area contributed by atoms with Crippen molar-refractivity contribution in [2.75, 3.05) is 11.9 Å². The minimum Gasteiger partial charge on any atom is -0.369 e. The lowest BCUT2D eigenvalue weighted by Crippen LogP contribution is -2.18. The Morgan fingerprint density at radius 2 is 2.12 bits per heavy atom. The first-order valence-corrected chi connectivity index (χ1v) is 5.75. The molecule has 0 spiro atoms. The van der Waals surface area contributed by atoms with E-state index in [0.717, 1.165) is 43.0 Å². The monoisotopic (exact) mass is 227 g/mol. The summed E-state index contributed by atoms with van der Waals surface area (Å²) in [6.07, 6.45) is 1.87. The molecule has 0 amide bonds. The van der Waals surface area contributed by atoms with Crippen molar-refractivity contribution < 1.29 is 4.79 Å². The molecule has 0 saturated heterocycles. The highest BCUT2D eigenvalue weighted by Crippen LogP contribution is 2.27. The van der Waals surface area contributed by atoms with Crippen molar-refractivity contribution in [2.24, 2.45) is 0 Å². The van der Waals surface area contributed by atoms with Gasteiger partial charge in [-0.25, -0.2) is 4.98 Å². The van der Waals surface area contributed by atoms with E-state index < -0.39 is 0 Å². The molecule has 0 bridgehead atoms. The third-order valence-electron chi connectivity index (χ3n) is 2.99. The van der Waals surface area contributed by atoms with Crippen molar-refractivity contribution in [1.29, 1.82) is 0 Å². The van der Waals surface area contributed by atoms with Crippen LogP contribution in [-0.4, -0.2) is 22.4 Å². The highest BCUT2D eigenvalue weighted by Gasteiger charge is 2.19. The number of hydrogen-bond donors (Lipinski definition) is 1. The second-order valence-corrected chi connectivity index (χ2v) is 4.09. The predicted molar refractivity (Wildman–Crippen MR) is 66.2 cm³/mol. The highest BCUT2D eigenvalue weighted by molar-refractivity contribution is 5.82. The van der Waals surface area contributed by atoms with Crippen LogP contribution in [0.25, 0.3) is 11.4 Å². The third kappa shape index (κ3) is 1.62. The van der Waals surface area contributed by atoms with Gasteiger partial charge in [-0.1, -0.05) is 30.3 Å². The lowest BCUT2D eigenvalue weighted by atomic mass is 10.2. The fraction of sp³-hybridized carbons (Fsp3) is 0.231. The van der Waals surface area contributed by atoms with Crippen LogP contribution in [0.1, 0.15) is 16.9 Å². The number of carbonyl (C=O) groups excluding carboxylic acids is 1. The van der Waals surface area contributed by atoms with Crippen molar-refractivity contribution in [3.63, 3.8) is 0 Å². The average molecular weight is 227 g/mol. The molecule has 1 aliphatic rings. The molecule has 3 rings (SSSR count). The molecule has 0 aliphatic carbocycles. The lowest BCUT2D eigenvalue weighted by molar-refractivity contribution is 0.112. The molecule has 1 aliphatic heterocycles. The largest absolute Gasteiger partial charge is 0.369 e. The number of imidazole rings is 1. The first-order chi connectivity index (χ1) is 8.40. The summed E-state index contributed by atoms with van der Waals surface area (Å²) in [5.74, 6) is 1.72. The minimum absolute atomic E-state index is 0.503. The smallest absolute Gasteiger partial charge is 0.172 e. The molecular formula is C13H13N3O. The molecule has 1 N–H and O–H groups in total. The van der Waals surface area contributed by atoms with Crippen LogP contribution >= 0.6 is 0 Å². The Hall–Kier alpha value is -2.10. The van der Waals surface area contributed by atoms with Crippen molar-refractivity contribution in [1.82, 2.24) is 9.55 Å². The van der Waals surface area contributed by atoms with Crippen molar-refractivity contribution >= 4 is 12.1 Å². The Balaban J connectivity index is 2.17. The molecule has 0 saturated carbocycles. The molecule has 1 aromatic carbocycles. The summed E-state index contributed by atoms with van der Waals surface area (Å²) in [7, 11) is 0. The number of fused-ring (bicyclic) bond motifs is 1. The topological polar surface area (TPSA) is 46.9 Å². The van der Waals surface area contributed by atoms with Gasteiger partial charge in [0.1, 0.15) is 17.3 Å². The molecule has 4 heteroatoms. The number of nitrogens with one attached hydrogen (secondary N) is 1. The Kier molecular flexibility index (Phi) is 2.40. The maximum atomic E-state index is 11.0. The maximum absolute atomic E-state index is 11.0.